The van der Waals surface area contributed by atoms with Crippen LogP contribution in [0.5, 0.6) is 0 Å². The summed E-state index contributed by atoms with van der Waals surface area (Å²) in [4.78, 5) is 22.5. The second-order valence-corrected chi connectivity index (χ2v) is 7.58. The first-order chi connectivity index (χ1) is 10.2. The third-order valence-electron chi connectivity index (χ3n) is 4.45. The summed E-state index contributed by atoms with van der Waals surface area (Å²) in [5.41, 5.74) is -1.18. The molecule has 0 radical (unpaired) electrons. The maximum absolute atomic E-state index is 11.2. The van der Waals surface area contributed by atoms with Gasteiger partial charge in [0, 0.05) is 0 Å². The van der Waals surface area contributed by atoms with Crippen LogP contribution in [0.15, 0.2) is 0 Å². The zero-order valence-electron chi connectivity index (χ0n) is 14.8. The minimum Gasteiger partial charge on any atom is -0.480 e. The molecular weight excluding hydrogens is 280 g/mol. The first-order valence-corrected chi connectivity index (χ1v) is 8.62. The fourth-order valence-electron chi connectivity index (χ4n) is 2.75. The highest BCUT2D eigenvalue weighted by Gasteiger charge is 2.44. The minimum atomic E-state index is -1.59. The molecule has 0 spiro atoms. The maximum Gasteiger partial charge on any atom is 0.321 e. The van der Waals surface area contributed by atoms with E-state index in [0.29, 0.717) is 11.8 Å². The summed E-state index contributed by atoms with van der Waals surface area (Å²) in [7, 11) is 0. The second kappa shape index (κ2) is 9.86. The Hall–Kier alpha value is -1.06. The van der Waals surface area contributed by atoms with E-state index in [1.165, 1.54) is 25.7 Å². The standard InChI is InChI=1S/C18H34O4/c1-5-18(15(19)20,16(21)22)14-12-10-8-6-7-9-11-13-17(2,3)4/h5-14H2,1-4H3,(H,19,20)(H,21,22). The van der Waals surface area contributed by atoms with Crippen molar-refractivity contribution in [1.82, 2.24) is 0 Å². The Labute approximate surface area is 135 Å². The summed E-state index contributed by atoms with van der Waals surface area (Å²) in [5.74, 6) is -2.41. The van der Waals surface area contributed by atoms with Gasteiger partial charge < -0.3 is 10.2 Å². The number of hydrogen-bond acceptors (Lipinski definition) is 2. The first-order valence-electron chi connectivity index (χ1n) is 8.62. The van der Waals surface area contributed by atoms with Crippen molar-refractivity contribution >= 4 is 11.9 Å². The topological polar surface area (TPSA) is 74.6 Å². The molecule has 0 aromatic carbocycles. The molecule has 0 aliphatic heterocycles. The molecule has 0 bridgehead atoms. The average Bonchev–Trinajstić information content (AvgIpc) is 2.39. The summed E-state index contributed by atoms with van der Waals surface area (Å²) >= 11 is 0. The van der Waals surface area contributed by atoms with Gasteiger partial charge in [0.1, 0.15) is 0 Å². The molecule has 0 saturated heterocycles. The lowest BCUT2D eigenvalue weighted by Crippen LogP contribution is -2.38. The number of hydrogen-bond donors (Lipinski definition) is 2. The quantitative estimate of drug-likeness (QED) is 0.388. The number of rotatable bonds is 12. The molecule has 130 valence electrons. The molecule has 0 saturated carbocycles. The highest BCUT2D eigenvalue weighted by Crippen LogP contribution is 2.30. The zero-order chi connectivity index (χ0) is 17.2. The summed E-state index contributed by atoms with van der Waals surface area (Å²) < 4.78 is 0. The van der Waals surface area contributed by atoms with Gasteiger partial charge in [-0.1, -0.05) is 72.6 Å². The molecule has 0 aromatic rings. The van der Waals surface area contributed by atoms with Crippen molar-refractivity contribution in [3.63, 3.8) is 0 Å². The molecule has 0 aliphatic carbocycles. The van der Waals surface area contributed by atoms with E-state index in [1.807, 2.05) is 0 Å². The lowest BCUT2D eigenvalue weighted by Gasteiger charge is -2.22. The third kappa shape index (κ3) is 7.81. The fraction of sp³-hybridized carbons (Fsp3) is 0.889. The predicted molar refractivity (Wildman–Crippen MR) is 89.0 cm³/mol. The molecule has 0 fully saturated rings. The van der Waals surface area contributed by atoms with Crippen molar-refractivity contribution in [2.24, 2.45) is 10.8 Å². The van der Waals surface area contributed by atoms with E-state index in [9.17, 15) is 19.8 Å². The molecule has 0 atom stereocenters. The van der Waals surface area contributed by atoms with E-state index in [1.54, 1.807) is 6.92 Å². The Morgan fingerprint density at radius 3 is 1.41 bits per heavy atom. The van der Waals surface area contributed by atoms with Crippen LogP contribution in [-0.2, 0) is 9.59 Å². The van der Waals surface area contributed by atoms with Gasteiger partial charge in [0.05, 0.1) is 0 Å². The normalized spacial score (nSPS) is 12.4. The van der Waals surface area contributed by atoms with Crippen LogP contribution in [0.1, 0.15) is 91.9 Å². The van der Waals surface area contributed by atoms with Crippen molar-refractivity contribution in [2.75, 3.05) is 0 Å². The van der Waals surface area contributed by atoms with Crippen LogP contribution in [0.4, 0.5) is 0 Å². The fourth-order valence-corrected chi connectivity index (χ4v) is 2.75. The number of carboxylic acid groups (broad SMARTS) is 2. The number of carbonyl (C=O) groups is 2. The molecule has 0 rings (SSSR count). The van der Waals surface area contributed by atoms with Gasteiger partial charge in [-0.3, -0.25) is 9.59 Å². The molecule has 2 N–H and O–H groups in total. The zero-order valence-corrected chi connectivity index (χ0v) is 14.8. The van der Waals surface area contributed by atoms with Crippen molar-refractivity contribution in [3.05, 3.63) is 0 Å². The summed E-state index contributed by atoms with van der Waals surface area (Å²) in [5, 5.41) is 18.4. The number of aliphatic carboxylic acids is 2. The van der Waals surface area contributed by atoms with Gasteiger partial charge in [-0.25, -0.2) is 0 Å². The SMILES string of the molecule is CCC(CCCCCCCCCC(C)(C)C)(C(=O)O)C(=O)O. The van der Waals surface area contributed by atoms with Gasteiger partial charge in [-0.2, -0.15) is 0 Å². The largest absolute Gasteiger partial charge is 0.480 e. The van der Waals surface area contributed by atoms with Crippen LogP contribution < -0.4 is 0 Å². The van der Waals surface area contributed by atoms with Crippen LogP contribution in [0.3, 0.4) is 0 Å². The van der Waals surface area contributed by atoms with Gasteiger partial charge in [-0.15, -0.1) is 0 Å². The van der Waals surface area contributed by atoms with Crippen LogP contribution in [-0.4, -0.2) is 22.2 Å². The van der Waals surface area contributed by atoms with Crippen LogP contribution >= 0.6 is 0 Å². The van der Waals surface area contributed by atoms with E-state index < -0.39 is 17.4 Å². The van der Waals surface area contributed by atoms with Crippen LogP contribution in [0.25, 0.3) is 0 Å². The Morgan fingerprint density at radius 2 is 1.09 bits per heavy atom. The molecule has 0 heterocycles. The van der Waals surface area contributed by atoms with Crippen molar-refractivity contribution in [3.8, 4) is 0 Å². The number of carboxylic acids is 2. The lowest BCUT2D eigenvalue weighted by atomic mass is 9.80. The molecule has 4 nitrogen and oxygen atoms in total. The van der Waals surface area contributed by atoms with E-state index >= 15 is 0 Å². The summed E-state index contributed by atoms with van der Waals surface area (Å²) in [6.07, 6.45) is 9.17. The maximum atomic E-state index is 11.2. The smallest absolute Gasteiger partial charge is 0.321 e. The Morgan fingerprint density at radius 1 is 0.727 bits per heavy atom. The highest BCUT2D eigenvalue weighted by atomic mass is 16.4. The van der Waals surface area contributed by atoms with Crippen molar-refractivity contribution in [2.45, 2.75) is 91.9 Å². The Balaban J connectivity index is 3.80. The predicted octanol–water partition coefficient (Wildman–Crippen LogP) is 5.11. The molecular formula is C18H34O4. The second-order valence-electron chi connectivity index (χ2n) is 7.58. The molecule has 4 heteroatoms. The van der Waals surface area contributed by atoms with E-state index in [0.717, 1.165) is 19.3 Å². The van der Waals surface area contributed by atoms with Gasteiger partial charge >= 0.3 is 11.9 Å². The van der Waals surface area contributed by atoms with E-state index in [-0.39, 0.29) is 12.8 Å². The van der Waals surface area contributed by atoms with Crippen LogP contribution in [0.2, 0.25) is 0 Å². The van der Waals surface area contributed by atoms with Gasteiger partial charge in [-0.05, 0) is 24.7 Å². The summed E-state index contributed by atoms with van der Waals surface area (Å²) in [6, 6.07) is 0. The molecule has 22 heavy (non-hydrogen) atoms. The van der Waals surface area contributed by atoms with Gasteiger partial charge in [0.2, 0.25) is 0 Å². The minimum absolute atomic E-state index is 0.143. The monoisotopic (exact) mass is 314 g/mol. The van der Waals surface area contributed by atoms with Crippen LogP contribution in [0, 0.1) is 10.8 Å². The Bertz CT molecular complexity index is 327. The van der Waals surface area contributed by atoms with Crippen molar-refractivity contribution < 1.29 is 19.8 Å². The molecule has 0 aromatic heterocycles. The highest BCUT2D eigenvalue weighted by molar-refractivity contribution is 5.98. The molecule has 0 amide bonds. The van der Waals surface area contributed by atoms with Gasteiger partial charge in [0.25, 0.3) is 0 Å². The van der Waals surface area contributed by atoms with Crippen molar-refractivity contribution in [1.29, 1.82) is 0 Å². The van der Waals surface area contributed by atoms with E-state index in [4.69, 9.17) is 0 Å². The molecule has 0 unspecified atom stereocenters. The lowest BCUT2D eigenvalue weighted by molar-refractivity contribution is -0.165. The summed E-state index contributed by atoms with van der Waals surface area (Å²) in [6.45, 7) is 8.42. The molecule has 0 aliphatic rings. The first kappa shape index (κ1) is 20.9. The number of unbranched alkanes of at least 4 members (excludes halogenated alkanes) is 6. The van der Waals surface area contributed by atoms with Gasteiger partial charge in [0.15, 0.2) is 5.41 Å². The van der Waals surface area contributed by atoms with E-state index in [2.05, 4.69) is 20.8 Å². The third-order valence-corrected chi connectivity index (χ3v) is 4.45. The average molecular weight is 314 g/mol. The Kier molecular flexibility index (Phi) is 9.38.